The van der Waals surface area contributed by atoms with Gasteiger partial charge in [-0.2, -0.15) is 9.07 Å². The third-order valence-corrected chi connectivity index (χ3v) is 6.69. The smallest absolute Gasteiger partial charge is 0.252 e. The molecule has 12 heteroatoms. The number of imidazole rings is 1. The fraction of sp³-hybridized carbons (Fsp3) is 0.167. The Hall–Kier alpha value is -4.25. The molecule has 1 aliphatic heterocycles. The molecule has 36 heavy (non-hydrogen) atoms. The molecule has 2 atom stereocenters. The number of hydrogen-bond acceptors (Lipinski definition) is 6. The van der Waals surface area contributed by atoms with Crippen LogP contribution in [0.2, 0.25) is 5.02 Å². The Morgan fingerprint density at radius 3 is 2.75 bits per heavy atom. The molecule has 0 bridgehead atoms. The van der Waals surface area contributed by atoms with Gasteiger partial charge < -0.3 is 9.55 Å². The van der Waals surface area contributed by atoms with Crippen LogP contribution in [0.4, 0.5) is 8.78 Å². The minimum Gasteiger partial charge on any atom is -0.340 e. The molecule has 0 spiro atoms. The van der Waals surface area contributed by atoms with Crippen LogP contribution in [-0.4, -0.2) is 39.7 Å². The molecule has 9 nitrogen and oxygen atoms in total. The van der Waals surface area contributed by atoms with Crippen LogP contribution in [-0.2, 0) is 0 Å². The van der Waals surface area contributed by atoms with Crippen molar-refractivity contribution in [3.05, 3.63) is 93.8 Å². The minimum absolute atomic E-state index is 0.0201. The number of pyridine rings is 2. The van der Waals surface area contributed by atoms with Crippen LogP contribution < -0.4 is 5.56 Å². The summed E-state index contributed by atoms with van der Waals surface area (Å²) in [6.45, 7) is 1.99. The summed E-state index contributed by atoms with van der Waals surface area (Å²) in [4.78, 5) is 24.7. The fourth-order valence-corrected chi connectivity index (χ4v) is 4.91. The van der Waals surface area contributed by atoms with Crippen LogP contribution in [0.1, 0.15) is 36.8 Å². The molecule has 6 rings (SSSR count). The number of H-pyrrole nitrogens is 1. The van der Waals surface area contributed by atoms with Crippen LogP contribution in [0.3, 0.4) is 0 Å². The van der Waals surface area contributed by atoms with E-state index in [9.17, 15) is 9.18 Å². The van der Waals surface area contributed by atoms with E-state index >= 15 is 4.39 Å². The molecule has 0 saturated heterocycles. The second kappa shape index (κ2) is 8.45. The normalized spacial score (nSPS) is 16.9. The summed E-state index contributed by atoms with van der Waals surface area (Å²) < 4.78 is 31.8. The van der Waals surface area contributed by atoms with Gasteiger partial charge in [-0.3, -0.25) is 4.79 Å². The van der Waals surface area contributed by atoms with Crippen molar-refractivity contribution in [2.75, 3.05) is 0 Å². The Bertz CT molecular complexity index is 1660. The monoisotopic (exact) mass is 506 g/mol. The van der Waals surface area contributed by atoms with Gasteiger partial charge in [-0.25, -0.2) is 14.4 Å². The SMILES string of the molecule is C[C@@H]1C[C@@H](c2ncc(-c3ccnc(F)c3)[nH]2)n2c1cc(-c1c(-n3cnnn3)ccc(Cl)c1F)cc2=O. The average Bonchev–Trinajstić information content (AvgIpc) is 3.61. The van der Waals surface area contributed by atoms with E-state index in [0.717, 1.165) is 5.69 Å². The van der Waals surface area contributed by atoms with E-state index in [1.54, 1.807) is 29.0 Å². The largest absolute Gasteiger partial charge is 0.340 e. The summed E-state index contributed by atoms with van der Waals surface area (Å²) in [6, 6.07) is 8.80. The number of rotatable bonds is 4. The van der Waals surface area contributed by atoms with E-state index in [1.807, 2.05) is 6.92 Å². The molecule has 1 aliphatic rings. The van der Waals surface area contributed by atoms with Gasteiger partial charge in [-0.05, 0) is 52.6 Å². The zero-order chi connectivity index (χ0) is 25.0. The molecule has 0 radical (unpaired) electrons. The molecule has 5 heterocycles. The van der Waals surface area contributed by atoms with E-state index in [0.29, 0.717) is 34.8 Å². The number of fused-ring (bicyclic) bond motifs is 1. The Morgan fingerprint density at radius 1 is 1.11 bits per heavy atom. The summed E-state index contributed by atoms with van der Waals surface area (Å²) in [5, 5.41) is 11.0. The minimum atomic E-state index is -0.670. The predicted molar refractivity (Wildman–Crippen MR) is 127 cm³/mol. The highest BCUT2D eigenvalue weighted by Crippen LogP contribution is 2.40. The van der Waals surface area contributed by atoms with Gasteiger partial charge in [-0.1, -0.05) is 18.5 Å². The van der Waals surface area contributed by atoms with Crippen molar-refractivity contribution >= 4 is 11.6 Å². The summed E-state index contributed by atoms with van der Waals surface area (Å²) in [6.07, 6.45) is 4.93. The number of halogens is 3. The summed E-state index contributed by atoms with van der Waals surface area (Å²) in [5.74, 6) is -0.711. The third kappa shape index (κ3) is 3.59. The number of nitrogens with zero attached hydrogens (tertiary/aromatic N) is 7. The van der Waals surface area contributed by atoms with Gasteiger partial charge in [0.05, 0.1) is 28.6 Å². The zero-order valence-corrected chi connectivity index (χ0v) is 19.5. The first kappa shape index (κ1) is 22.2. The van der Waals surface area contributed by atoms with E-state index in [-0.39, 0.29) is 28.1 Å². The quantitative estimate of drug-likeness (QED) is 0.364. The second-order valence-electron chi connectivity index (χ2n) is 8.59. The van der Waals surface area contributed by atoms with E-state index in [2.05, 4.69) is 30.5 Å². The van der Waals surface area contributed by atoms with E-state index < -0.39 is 11.8 Å². The maximum atomic E-state index is 15.3. The van der Waals surface area contributed by atoms with Crippen LogP contribution in [0.5, 0.6) is 0 Å². The topological polar surface area (TPSA) is 107 Å². The molecular weight excluding hydrogens is 490 g/mol. The first-order valence-electron chi connectivity index (χ1n) is 11.1. The second-order valence-corrected chi connectivity index (χ2v) is 9.00. The number of aromatic nitrogens is 8. The lowest BCUT2D eigenvalue weighted by atomic mass is 9.99. The van der Waals surface area contributed by atoms with Crippen molar-refractivity contribution in [1.82, 2.24) is 39.7 Å². The average molecular weight is 507 g/mol. The molecule has 0 amide bonds. The highest BCUT2D eigenvalue weighted by molar-refractivity contribution is 6.31. The Labute approximate surface area is 207 Å². The van der Waals surface area contributed by atoms with Gasteiger partial charge in [0.2, 0.25) is 5.95 Å². The standard InChI is InChI=1S/C24H17ClF2N8O/c1-12-6-19(24-29-10-16(31-24)13-4-5-28-20(26)8-13)35-18(12)7-14(9-21(35)36)22-17(34-11-30-32-33-34)3-2-15(25)23(22)27/h2-5,7-12,19H,6H2,1H3,(H,29,31)/t12-,19+/m1/s1. The first-order valence-corrected chi connectivity index (χ1v) is 11.4. The van der Waals surface area contributed by atoms with Crippen molar-refractivity contribution < 1.29 is 8.78 Å². The third-order valence-electron chi connectivity index (χ3n) is 6.40. The van der Waals surface area contributed by atoms with Crippen LogP contribution >= 0.6 is 11.6 Å². The molecule has 0 unspecified atom stereocenters. The number of benzene rings is 1. The van der Waals surface area contributed by atoms with Gasteiger partial charge >= 0.3 is 0 Å². The fourth-order valence-electron chi connectivity index (χ4n) is 4.75. The van der Waals surface area contributed by atoms with Crippen molar-refractivity contribution in [1.29, 1.82) is 0 Å². The van der Waals surface area contributed by atoms with Crippen LogP contribution in [0, 0.1) is 11.8 Å². The van der Waals surface area contributed by atoms with Gasteiger partial charge in [0.15, 0.2) is 5.82 Å². The lowest BCUT2D eigenvalue weighted by Gasteiger charge is -2.16. The lowest BCUT2D eigenvalue weighted by molar-refractivity contribution is 0.557. The van der Waals surface area contributed by atoms with Crippen molar-refractivity contribution in [3.63, 3.8) is 0 Å². The zero-order valence-electron chi connectivity index (χ0n) is 18.7. The number of aromatic amines is 1. The van der Waals surface area contributed by atoms with Crippen molar-refractivity contribution in [2.24, 2.45) is 0 Å². The summed E-state index contributed by atoms with van der Waals surface area (Å²) >= 11 is 6.09. The molecule has 0 saturated carbocycles. The number of hydrogen-bond donors (Lipinski definition) is 1. The Balaban J connectivity index is 1.45. The summed E-state index contributed by atoms with van der Waals surface area (Å²) in [7, 11) is 0. The molecule has 1 aromatic carbocycles. The molecular formula is C24H17ClF2N8O. The maximum absolute atomic E-state index is 15.3. The lowest BCUT2D eigenvalue weighted by Crippen LogP contribution is -2.24. The molecule has 4 aromatic heterocycles. The Kier molecular flexibility index (Phi) is 5.22. The first-order chi connectivity index (χ1) is 17.4. The number of nitrogens with one attached hydrogen (secondary N) is 1. The van der Waals surface area contributed by atoms with Crippen LogP contribution in [0.25, 0.3) is 28.1 Å². The Morgan fingerprint density at radius 2 is 1.97 bits per heavy atom. The van der Waals surface area contributed by atoms with Crippen LogP contribution in [0.15, 0.2) is 59.9 Å². The van der Waals surface area contributed by atoms with Crippen molar-refractivity contribution in [3.8, 4) is 28.1 Å². The van der Waals surface area contributed by atoms with Gasteiger partial charge in [-0.15, -0.1) is 5.10 Å². The van der Waals surface area contributed by atoms with E-state index in [1.165, 1.54) is 35.4 Å². The molecule has 5 aromatic rings. The summed E-state index contributed by atoms with van der Waals surface area (Å²) in [5.41, 5.74) is 2.49. The number of tetrazole rings is 1. The molecule has 180 valence electrons. The maximum Gasteiger partial charge on any atom is 0.252 e. The van der Waals surface area contributed by atoms with Gasteiger partial charge in [0, 0.05) is 35.2 Å². The predicted octanol–water partition coefficient (Wildman–Crippen LogP) is 4.30. The van der Waals surface area contributed by atoms with E-state index in [4.69, 9.17) is 11.6 Å². The molecule has 0 aliphatic carbocycles. The highest BCUT2D eigenvalue weighted by Gasteiger charge is 2.33. The van der Waals surface area contributed by atoms with Crippen molar-refractivity contribution in [2.45, 2.75) is 25.3 Å². The molecule has 0 fully saturated rings. The molecule has 1 N–H and O–H groups in total. The van der Waals surface area contributed by atoms with Gasteiger partial charge in [0.25, 0.3) is 5.56 Å². The van der Waals surface area contributed by atoms with Gasteiger partial charge in [0.1, 0.15) is 12.2 Å². The highest BCUT2D eigenvalue weighted by atomic mass is 35.5.